The summed E-state index contributed by atoms with van der Waals surface area (Å²) in [6.07, 6.45) is 0.614. The SMILES string of the molecule is CCNC(=O)N(c1ccc(C)cc1)[C@H]1C[C@H](C)N(C(=O)c2ccc(OC)cc2)c2ccc(C)cc21. The van der Waals surface area contributed by atoms with E-state index in [2.05, 4.69) is 11.4 Å². The maximum Gasteiger partial charge on any atom is 0.322 e. The zero-order valence-corrected chi connectivity index (χ0v) is 21.0. The molecule has 0 aliphatic carbocycles. The number of ether oxygens (including phenoxy) is 1. The molecule has 6 nitrogen and oxygen atoms in total. The van der Waals surface area contributed by atoms with Gasteiger partial charge < -0.3 is 15.0 Å². The molecule has 6 heteroatoms. The van der Waals surface area contributed by atoms with Gasteiger partial charge in [0.1, 0.15) is 5.75 Å². The lowest BCUT2D eigenvalue weighted by atomic mass is 9.88. The number of urea groups is 1. The van der Waals surface area contributed by atoms with Crippen LogP contribution in [0.3, 0.4) is 0 Å². The number of hydrogen-bond acceptors (Lipinski definition) is 3. The molecule has 2 atom stereocenters. The standard InChI is InChI=1S/C29H33N3O3/c1-6-30-29(34)32(23-12-7-19(2)8-13-23)27-18-21(4)31(26-16-9-20(3)17-25(26)27)28(33)22-10-14-24(35-5)15-11-22/h7-17,21,27H,6,18H2,1-5H3,(H,30,34)/t21-,27-/m0/s1. The largest absolute Gasteiger partial charge is 0.497 e. The highest BCUT2D eigenvalue weighted by Gasteiger charge is 2.39. The van der Waals surface area contributed by atoms with Crippen molar-refractivity contribution >= 4 is 23.3 Å². The summed E-state index contributed by atoms with van der Waals surface area (Å²) in [6, 6.07) is 20.8. The molecule has 1 heterocycles. The summed E-state index contributed by atoms with van der Waals surface area (Å²) in [4.78, 5) is 30.7. The van der Waals surface area contributed by atoms with Crippen LogP contribution >= 0.6 is 0 Å². The zero-order chi connectivity index (χ0) is 25.1. The average molecular weight is 472 g/mol. The van der Waals surface area contributed by atoms with E-state index in [-0.39, 0.29) is 24.0 Å². The number of anilines is 2. The molecule has 182 valence electrons. The summed E-state index contributed by atoms with van der Waals surface area (Å²) >= 11 is 0. The Kier molecular flexibility index (Phi) is 7.10. The van der Waals surface area contributed by atoms with Crippen molar-refractivity contribution < 1.29 is 14.3 Å². The average Bonchev–Trinajstić information content (AvgIpc) is 2.85. The van der Waals surface area contributed by atoms with Gasteiger partial charge in [-0.2, -0.15) is 0 Å². The number of rotatable bonds is 5. The highest BCUT2D eigenvalue weighted by molar-refractivity contribution is 6.07. The van der Waals surface area contributed by atoms with Crippen molar-refractivity contribution in [2.75, 3.05) is 23.5 Å². The number of nitrogens with one attached hydrogen (secondary N) is 1. The minimum absolute atomic E-state index is 0.0661. The first kappa shape index (κ1) is 24.3. The Balaban J connectivity index is 1.79. The Hall–Kier alpha value is -3.80. The zero-order valence-electron chi connectivity index (χ0n) is 21.0. The molecule has 3 amide bonds. The van der Waals surface area contributed by atoms with Crippen LogP contribution in [0.25, 0.3) is 0 Å². The van der Waals surface area contributed by atoms with Crippen molar-refractivity contribution in [1.29, 1.82) is 0 Å². The van der Waals surface area contributed by atoms with E-state index in [0.29, 0.717) is 24.3 Å². The van der Waals surface area contributed by atoms with E-state index < -0.39 is 0 Å². The fourth-order valence-corrected chi connectivity index (χ4v) is 4.76. The van der Waals surface area contributed by atoms with Crippen LogP contribution in [0.2, 0.25) is 0 Å². The molecule has 4 rings (SSSR count). The third kappa shape index (κ3) is 4.87. The van der Waals surface area contributed by atoms with E-state index in [4.69, 9.17) is 4.74 Å². The third-order valence-electron chi connectivity index (χ3n) is 6.53. The van der Waals surface area contributed by atoms with Gasteiger partial charge in [-0.1, -0.05) is 35.4 Å². The summed E-state index contributed by atoms with van der Waals surface area (Å²) in [5, 5.41) is 2.98. The van der Waals surface area contributed by atoms with Crippen LogP contribution in [0.5, 0.6) is 5.75 Å². The molecule has 0 spiro atoms. The molecular formula is C29H33N3O3. The van der Waals surface area contributed by atoms with Crippen LogP contribution in [0.1, 0.15) is 53.4 Å². The minimum atomic E-state index is -0.214. The van der Waals surface area contributed by atoms with Gasteiger partial charge in [0.05, 0.1) is 13.2 Å². The van der Waals surface area contributed by atoms with Crippen molar-refractivity contribution in [3.8, 4) is 5.75 Å². The second-order valence-corrected chi connectivity index (χ2v) is 9.11. The molecule has 3 aromatic rings. The maximum absolute atomic E-state index is 13.7. The highest BCUT2D eigenvalue weighted by Crippen LogP contribution is 2.43. The Morgan fingerprint density at radius 1 is 1.00 bits per heavy atom. The summed E-state index contributed by atoms with van der Waals surface area (Å²) in [7, 11) is 1.61. The maximum atomic E-state index is 13.7. The molecule has 1 aliphatic rings. The van der Waals surface area contributed by atoms with Gasteiger partial charge in [-0.15, -0.1) is 0 Å². The van der Waals surface area contributed by atoms with E-state index in [0.717, 1.165) is 28.1 Å². The molecule has 0 saturated carbocycles. The number of hydrogen-bond donors (Lipinski definition) is 1. The van der Waals surface area contributed by atoms with Gasteiger partial charge in [-0.05, 0) is 82.1 Å². The number of carbonyl (C=O) groups is 2. The molecular weight excluding hydrogens is 438 g/mol. The van der Waals surface area contributed by atoms with Gasteiger partial charge in [0.25, 0.3) is 5.91 Å². The molecule has 0 saturated heterocycles. The smallest absolute Gasteiger partial charge is 0.322 e. The minimum Gasteiger partial charge on any atom is -0.497 e. The Morgan fingerprint density at radius 3 is 2.29 bits per heavy atom. The molecule has 1 N–H and O–H groups in total. The molecule has 35 heavy (non-hydrogen) atoms. The number of amides is 3. The fourth-order valence-electron chi connectivity index (χ4n) is 4.76. The van der Waals surface area contributed by atoms with Crippen molar-refractivity contribution in [1.82, 2.24) is 5.32 Å². The number of benzene rings is 3. The highest BCUT2D eigenvalue weighted by atomic mass is 16.5. The van der Waals surface area contributed by atoms with Crippen LogP contribution in [0.4, 0.5) is 16.2 Å². The summed E-state index contributed by atoms with van der Waals surface area (Å²) in [5.74, 6) is 0.642. The van der Waals surface area contributed by atoms with E-state index in [1.165, 1.54) is 0 Å². The Bertz CT molecular complexity index is 1200. The molecule has 0 unspecified atom stereocenters. The summed E-state index contributed by atoms with van der Waals surface area (Å²) in [6.45, 7) is 8.56. The molecule has 1 aliphatic heterocycles. The van der Waals surface area contributed by atoms with E-state index in [9.17, 15) is 9.59 Å². The number of methoxy groups -OCH3 is 1. The van der Waals surface area contributed by atoms with Gasteiger partial charge in [-0.3, -0.25) is 9.69 Å². The Labute approximate surface area is 207 Å². The summed E-state index contributed by atoms with van der Waals surface area (Å²) < 4.78 is 5.25. The number of carbonyl (C=O) groups excluding carboxylic acids is 2. The predicted octanol–water partition coefficient (Wildman–Crippen LogP) is 6.03. The first-order valence-electron chi connectivity index (χ1n) is 12.1. The Morgan fingerprint density at radius 2 is 1.66 bits per heavy atom. The quantitative estimate of drug-likeness (QED) is 0.494. The topological polar surface area (TPSA) is 61.9 Å². The lowest BCUT2D eigenvalue weighted by Gasteiger charge is -2.43. The lowest BCUT2D eigenvalue weighted by Crippen LogP contribution is -2.50. The summed E-state index contributed by atoms with van der Waals surface area (Å²) in [5.41, 5.74) is 5.45. The molecule has 0 bridgehead atoms. The van der Waals surface area contributed by atoms with Gasteiger partial charge >= 0.3 is 6.03 Å². The lowest BCUT2D eigenvalue weighted by molar-refractivity contribution is 0.0973. The van der Waals surface area contributed by atoms with Crippen molar-refractivity contribution in [2.24, 2.45) is 0 Å². The van der Waals surface area contributed by atoms with Crippen LogP contribution in [-0.4, -0.2) is 31.6 Å². The normalized spacial score (nSPS) is 16.9. The van der Waals surface area contributed by atoms with Gasteiger partial charge in [0.2, 0.25) is 0 Å². The first-order chi connectivity index (χ1) is 16.8. The molecule has 0 aromatic heterocycles. The first-order valence-corrected chi connectivity index (χ1v) is 12.1. The molecule has 0 fully saturated rings. The van der Waals surface area contributed by atoms with Gasteiger partial charge in [0.15, 0.2) is 0 Å². The molecule has 3 aromatic carbocycles. The second kappa shape index (κ2) is 10.2. The predicted molar refractivity (Wildman–Crippen MR) is 141 cm³/mol. The van der Waals surface area contributed by atoms with Crippen LogP contribution in [-0.2, 0) is 0 Å². The fraction of sp³-hybridized carbons (Fsp3) is 0.310. The van der Waals surface area contributed by atoms with E-state index in [1.807, 2.05) is 73.9 Å². The van der Waals surface area contributed by atoms with Crippen LogP contribution in [0, 0.1) is 13.8 Å². The van der Waals surface area contributed by atoms with Crippen LogP contribution in [0.15, 0.2) is 66.7 Å². The van der Waals surface area contributed by atoms with Crippen molar-refractivity contribution in [2.45, 2.75) is 46.2 Å². The van der Waals surface area contributed by atoms with Gasteiger partial charge in [-0.25, -0.2) is 4.79 Å². The van der Waals surface area contributed by atoms with E-state index >= 15 is 0 Å². The van der Waals surface area contributed by atoms with Crippen molar-refractivity contribution in [3.05, 3.63) is 89.0 Å². The van der Waals surface area contributed by atoms with E-state index in [1.54, 1.807) is 31.4 Å². The monoisotopic (exact) mass is 471 g/mol. The third-order valence-corrected chi connectivity index (χ3v) is 6.53. The molecule has 0 radical (unpaired) electrons. The second-order valence-electron chi connectivity index (χ2n) is 9.11. The van der Waals surface area contributed by atoms with Gasteiger partial charge in [0, 0.05) is 29.5 Å². The number of fused-ring (bicyclic) bond motifs is 1. The number of aryl methyl sites for hydroxylation is 2. The number of nitrogens with zero attached hydrogens (tertiary/aromatic N) is 2. The van der Waals surface area contributed by atoms with Crippen LogP contribution < -0.4 is 19.9 Å². The van der Waals surface area contributed by atoms with Crippen molar-refractivity contribution in [3.63, 3.8) is 0 Å².